The van der Waals surface area contributed by atoms with Crippen LogP contribution in [-0.4, -0.2) is 0 Å². The van der Waals surface area contributed by atoms with E-state index < -0.39 is 0 Å². The highest BCUT2D eigenvalue weighted by molar-refractivity contribution is 5.18. The summed E-state index contributed by atoms with van der Waals surface area (Å²) in [4.78, 5) is 0. The maximum atomic E-state index is 4.32. The molecule has 12 heavy (non-hydrogen) atoms. The Hall–Kier alpha value is -0.260. The van der Waals surface area contributed by atoms with Crippen molar-refractivity contribution in [1.29, 1.82) is 0 Å². The zero-order chi connectivity index (χ0) is 8.13. The minimum absolute atomic E-state index is 0.951. The highest BCUT2D eigenvalue weighted by Gasteiger charge is 2.45. The van der Waals surface area contributed by atoms with Crippen LogP contribution < -0.4 is 0 Å². The fraction of sp³-hybridized carbons (Fsp3) is 0.833. The lowest BCUT2D eigenvalue weighted by Crippen LogP contribution is -2.31. The van der Waals surface area contributed by atoms with E-state index in [9.17, 15) is 0 Å². The number of hydrogen-bond donors (Lipinski definition) is 0. The van der Waals surface area contributed by atoms with Crippen LogP contribution in [0.1, 0.15) is 38.5 Å². The number of allylic oxidation sites excluding steroid dienone is 1. The van der Waals surface area contributed by atoms with Gasteiger partial charge in [-0.3, -0.25) is 0 Å². The monoisotopic (exact) mass is 162 g/mol. The Balaban J connectivity index is 1.96. The summed E-state index contributed by atoms with van der Waals surface area (Å²) in [7, 11) is 0. The molecule has 3 aliphatic carbocycles. The first-order valence-electron chi connectivity index (χ1n) is 5.55. The van der Waals surface area contributed by atoms with Gasteiger partial charge < -0.3 is 0 Å². The molecule has 3 saturated carbocycles. The summed E-state index contributed by atoms with van der Waals surface area (Å²) in [5.41, 5.74) is 1.65. The summed E-state index contributed by atoms with van der Waals surface area (Å²) < 4.78 is 0. The van der Waals surface area contributed by atoms with Gasteiger partial charge in [0, 0.05) is 0 Å². The van der Waals surface area contributed by atoms with E-state index in [0.717, 1.165) is 23.7 Å². The van der Waals surface area contributed by atoms with E-state index in [2.05, 4.69) is 6.58 Å². The van der Waals surface area contributed by atoms with Gasteiger partial charge in [0.15, 0.2) is 0 Å². The second-order valence-corrected chi connectivity index (χ2v) is 5.05. The lowest BCUT2D eigenvalue weighted by Gasteiger charge is -2.41. The molecule has 0 amide bonds. The fourth-order valence-electron chi connectivity index (χ4n) is 4.08. The van der Waals surface area contributed by atoms with E-state index in [1.54, 1.807) is 12.0 Å². The van der Waals surface area contributed by atoms with Gasteiger partial charge >= 0.3 is 0 Å². The molecule has 0 radical (unpaired) electrons. The molecule has 0 heteroatoms. The normalized spacial score (nSPS) is 51.2. The molecule has 0 aromatic rings. The van der Waals surface area contributed by atoms with Gasteiger partial charge in [-0.25, -0.2) is 0 Å². The molecule has 4 unspecified atom stereocenters. The molecule has 3 fully saturated rings. The van der Waals surface area contributed by atoms with Crippen LogP contribution in [0.25, 0.3) is 0 Å². The van der Waals surface area contributed by atoms with Crippen molar-refractivity contribution in [2.45, 2.75) is 38.5 Å². The Labute approximate surface area is 75.0 Å². The van der Waals surface area contributed by atoms with E-state index in [4.69, 9.17) is 0 Å². The van der Waals surface area contributed by atoms with Crippen molar-refractivity contribution in [2.24, 2.45) is 23.7 Å². The smallest absolute Gasteiger partial charge is 0.0174 e. The van der Waals surface area contributed by atoms with E-state index in [-0.39, 0.29) is 0 Å². The summed E-state index contributed by atoms with van der Waals surface area (Å²) in [5, 5.41) is 0. The van der Waals surface area contributed by atoms with E-state index >= 15 is 0 Å². The molecule has 0 aliphatic heterocycles. The minimum Gasteiger partial charge on any atom is -0.0993 e. The van der Waals surface area contributed by atoms with Crippen molar-refractivity contribution in [3.63, 3.8) is 0 Å². The van der Waals surface area contributed by atoms with Gasteiger partial charge in [0.05, 0.1) is 0 Å². The van der Waals surface area contributed by atoms with Crippen LogP contribution in [0.2, 0.25) is 0 Å². The standard InChI is InChI=1S/C12H18/c1-8-11-5-6-12(8)10-4-2-3-9(11)7-10/h9-12H,1-7H2. The Morgan fingerprint density at radius 2 is 1.50 bits per heavy atom. The third kappa shape index (κ3) is 0.787. The van der Waals surface area contributed by atoms with E-state index in [1.165, 1.54) is 32.1 Å². The molecule has 0 spiro atoms. The molecule has 0 heterocycles. The maximum absolute atomic E-state index is 4.32. The number of fused-ring (bicyclic) bond motifs is 6. The minimum atomic E-state index is 0.951. The topological polar surface area (TPSA) is 0 Å². The predicted octanol–water partition coefficient (Wildman–Crippen LogP) is 3.39. The van der Waals surface area contributed by atoms with Crippen LogP contribution in [0.3, 0.4) is 0 Å². The average Bonchev–Trinajstić information content (AvgIpc) is 2.41. The molecule has 0 aromatic heterocycles. The first-order chi connectivity index (χ1) is 5.86. The van der Waals surface area contributed by atoms with Crippen LogP contribution >= 0.6 is 0 Å². The third-order valence-corrected chi connectivity index (χ3v) is 4.63. The molecular weight excluding hydrogens is 144 g/mol. The molecule has 3 rings (SSSR count). The van der Waals surface area contributed by atoms with Gasteiger partial charge in [-0.2, -0.15) is 0 Å². The van der Waals surface area contributed by atoms with Crippen LogP contribution in [0.15, 0.2) is 12.2 Å². The first-order valence-corrected chi connectivity index (χ1v) is 5.55. The molecule has 66 valence electrons. The second-order valence-electron chi connectivity index (χ2n) is 5.05. The van der Waals surface area contributed by atoms with Gasteiger partial charge in [-0.05, 0) is 55.8 Å². The summed E-state index contributed by atoms with van der Waals surface area (Å²) in [6, 6.07) is 0. The lowest BCUT2D eigenvalue weighted by molar-refractivity contribution is 0.164. The lowest BCUT2D eigenvalue weighted by atomic mass is 9.64. The summed E-state index contributed by atoms with van der Waals surface area (Å²) in [5.74, 6) is 4.00. The van der Waals surface area contributed by atoms with Crippen LogP contribution in [0.4, 0.5) is 0 Å². The third-order valence-electron chi connectivity index (χ3n) is 4.63. The van der Waals surface area contributed by atoms with Crippen molar-refractivity contribution in [2.75, 3.05) is 0 Å². The zero-order valence-corrected chi connectivity index (χ0v) is 7.76. The Morgan fingerprint density at radius 1 is 0.917 bits per heavy atom. The Bertz CT molecular complexity index is 196. The van der Waals surface area contributed by atoms with E-state index in [0.29, 0.717) is 0 Å². The van der Waals surface area contributed by atoms with Crippen LogP contribution in [-0.2, 0) is 0 Å². The van der Waals surface area contributed by atoms with Crippen LogP contribution in [0, 0.1) is 23.7 Å². The number of hydrogen-bond acceptors (Lipinski definition) is 0. The summed E-state index contributed by atoms with van der Waals surface area (Å²) >= 11 is 0. The molecular formula is C12H18. The summed E-state index contributed by atoms with van der Waals surface area (Å²) in [6.45, 7) is 4.32. The van der Waals surface area contributed by atoms with Gasteiger partial charge in [-0.15, -0.1) is 0 Å². The molecule has 0 saturated heterocycles. The van der Waals surface area contributed by atoms with Crippen molar-refractivity contribution < 1.29 is 0 Å². The summed E-state index contributed by atoms with van der Waals surface area (Å²) in [6.07, 6.45) is 9.03. The van der Waals surface area contributed by atoms with Gasteiger partial charge in [0.1, 0.15) is 0 Å². The van der Waals surface area contributed by atoms with Gasteiger partial charge in [0.2, 0.25) is 0 Å². The fourth-order valence-corrected chi connectivity index (χ4v) is 4.08. The average molecular weight is 162 g/mol. The number of rotatable bonds is 0. The molecule has 0 N–H and O–H groups in total. The maximum Gasteiger partial charge on any atom is -0.0174 e. The van der Waals surface area contributed by atoms with Gasteiger partial charge in [-0.1, -0.05) is 18.6 Å². The Morgan fingerprint density at radius 3 is 2.08 bits per heavy atom. The van der Waals surface area contributed by atoms with Crippen molar-refractivity contribution >= 4 is 0 Å². The zero-order valence-electron chi connectivity index (χ0n) is 7.76. The molecule has 4 bridgehead atoms. The first kappa shape index (κ1) is 7.17. The van der Waals surface area contributed by atoms with Crippen molar-refractivity contribution in [3.8, 4) is 0 Å². The van der Waals surface area contributed by atoms with Crippen molar-refractivity contribution in [1.82, 2.24) is 0 Å². The molecule has 3 aliphatic rings. The van der Waals surface area contributed by atoms with Crippen molar-refractivity contribution in [3.05, 3.63) is 12.2 Å². The molecule has 4 atom stereocenters. The SMILES string of the molecule is C=C1C2CCC1C1CCCC2C1. The van der Waals surface area contributed by atoms with E-state index in [1.807, 2.05) is 0 Å². The highest BCUT2D eigenvalue weighted by atomic mass is 14.5. The quantitative estimate of drug-likeness (QED) is 0.479. The highest BCUT2D eigenvalue weighted by Crippen LogP contribution is 2.56. The second kappa shape index (κ2) is 2.37. The molecule has 0 aromatic carbocycles. The van der Waals surface area contributed by atoms with Gasteiger partial charge in [0.25, 0.3) is 0 Å². The largest absolute Gasteiger partial charge is 0.0993 e. The Kier molecular flexibility index (Phi) is 1.42. The molecule has 0 nitrogen and oxygen atoms in total. The van der Waals surface area contributed by atoms with Crippen LogP contribution in [0.5, 0.6) is 0 Å². The predicted molar refractivity (Wildman–Crippen MR) is 50.8 cm³/mol.